The molecule has 2 rings (SSSR count). The number of ether oxygens (including phenoxy) is 2. The first-order valence-electron chi connectivity index (χ1n) is 6.24. The van der Waals surface area contributed by atoms with Gasteiger partial charge in [0.05, 0.1) is 19.9 Å². The van der Waals surface area contributed by atoms with Gasteiger partial charge < -0.3 is 14.8 Å². The first-order chi connectivity index (χ1) is 9.65. The van der Waals surface area contributed by atoms with Crippen LogP contribution in [-0.4, -0.2) is 20.1 Å². The van der Waals surface area contributed by atoms with E-state index in [1.54, 1.807) is 38.5 Å². The Bertz CT molecular complexity index is 623. The number of carbonyl (C=O) groups is 1. The van der Waals surface area contributed by atoms with Crippen molar-refractivity contribution in [3.8, 4) is 11.5 Å². The maximum absolute atomic E-state index is 12.3. The first-order valence-corrected chi connectivity index (χ1v) is 6.24. The molecule has 0 fully saturated rings. The molecule has 0 atom stereocenters. The third-order valence-corrected chi connectivity index (χ3v) is 3.04. The van der Waals surface area contributed by atoms with Crippen LogP contribution in [0.3, 0.4) is 0 Å². The lowest BCUT2D eigenvalue weighted by atomic mass is 10.1. The highest BCUT2D eigenvalue weighted by molar-refractivity contribution is 6.06. The lowest BCUT2D eigenvalue weighted by Crippen LogP contribution is -2.14. The molecule has 0 aliphatic carbocycles. The average molecular weight is 271 g/mol. The SMILES string of the molecule is COc1ccc(OC)c(NC(=O)c2ccccc2C)c1. The third-order valence-electron chi connectivity index (χ3n) is 3.04. The highest BCUT2D eigenvalue weighted by Crippen LogP contribution is 2.29. The van der Waals surface area contributed by atoms with Crippen LogP contribution in [0, 0.1) is 6.92 Å². The van der Waals surface area contributed by atoms with Gasteiger partial charge in [-0.1, -0.05) is 18.2 Å². The van der Waals surface area contributed by atoms with E-state index < -0.39 is 0 Å². The Morgan fingerprint density at radius 3 is 2.45 bits per heavy atom. The molecule has 0 saturated heterocycles. The summed E-state index contributed by atoms with van der Waals surface area (Å²) in [5, 5.41) is 2.85. The Kier molecular flexibility index (Phi) is 4.25. The fraction of sp³-hybridized carbons (Fsp3) is 0.188. The molecule has 4 heteroatoms. The van der Waals surface area contributed by atoms with Crippen molar-refractivity contribution in [2.45, 2.75) is 6.92 Å². The van der Waals surface area contributed by atoms with Crippen molar-refractivity contribution in [1.82, 2.24) is 0 Å². The minimum atomic E-state index is -0.172. The van der Waals surface area contributed by atoms with Crippen LogP contribution >= 0.6 is 0 Å². The molecule has 1 N–H and O–H groups in total. The highest BCUT2D eigenvalue weighted by Gasteiger charge is 2.12. The predicted molar refractivity (Wildman–Crippen MR) is 78.7 cm³/mol. The molecule has 2 aromatic rings. The van der Waals surface area contributed by atoms with E-state index in [-0.39, 0.29) is 5.91 Å². The maximum atomic E-state index is 12.3. The van der Waals surface area contributed by atoms with Gasteiger partial charge in [0.15, 0.2) is 0 Å². The quantitative estimate of drug-likeness (QED) is 0.928. The molecule has 0 aliphatic heterocycles. The minimum absolute atomic E-state index is 0.172. The van der Waals surface area contributed by atoms with Crippen molar-refractivity contribution in [1.29, 1.82) is 0 Å². The Morgan fingerprint density at radius 2 is 1.80 bits per heavy atom. The van der Waals surface area contributed by atoms with Crippen molar-refractivity contribution in [2.24, 2.45) is 0 Å². The van der Waals surface area contributed by atoms with E-state index in [1.165, 1.54) is 0 Å². The zero-order chi connectivity index (χ0) is 14.5. The number of carbonyl (C=O) groups excluding carboxylic acids is 1. The molecule has 4 nitrogen and oxygen atoms in total. The van der Waals surface area contributed by atoms with Crippen LogP contribution in [-0.2, 0) is 0 Å². The molecule has 0 heterocycles. The van der Waals surface area contributed by atoms with Gasteiger partial charge in [-0.3, -0.25) is 4.79 Å². The predicted octanol–water partition coefficient (Wildman–Crippen LogP) is 3.26. The summed E-state index contributed by atoms with van der Waals surface area (Å²) in [6, 6.07) is 12.7. The number of nitrogens with one attached hydrogen (secondary N) is 1. The zero-order valence-electron chi connectivity index (χ0n) is 11.8. The number of benzene rings is 2. The molecule has 0 unspecified atom stereocenters. The van der Waals surface area contributed by atoms with E-state index in [4.69, 9.17) is 9.47 Å². The van der Waals surface area contributed by atoms with E-state index in [0.717, 1.165) is 5.56 Å². The van der Waals surface area contributed by atoms with E-state index in [0.29, 0.717) is 22.7 Å². The molecule has 20 heavy (non-hydrogen) atoms. The zero-order valence-corrected chi connectivity index (χ0v) is 11.8. The molecule has 0 aromatic heterocycles. The van der Waals surface area contributed by atoms with E-state index in [1.807, 2.05) is 25.1 Å². The van der Waals surface area contributed by atoms with Gasteiger partial charge in [-0.05, 0) is 30.7 Å². The molecule has 0 aliphatic rings. The summed E-state index contributed by atoms with van der Waals surface area (Å²) in [6.45, 7) is 1.90. The van der Waals surface area contributed by atoms with Crippen molar-refractivity contribution < 1.29 is 14.3 Å². The standard InChI is InChI=1S/C16H17NO3/c1-11-6-4-5-7-13(11)16(18)17-14-10-12(19-2)8-9-15(14)20-3/h4-10H,1-3H3,(H,17,18). The number of rotatable bonds is 4. The van der Waals surface area contributed by atoms with Crippen molar-refractivity contribution >= 4 is 11.6 Å². The molecule has 0 spiro atoms. The molecule has 1 amide bonds. The molecule has 2 aromatic carbocycles. The smallest absolute Gasteiger partial charge is 0.256 e. The number of methoxy groups -OCH3 is 2. The number of hydrogen-bond donors (Lipinski definition) is 1. The van der Waals surface area contributed by atoms with Gasteiger partial charge in [0.2, 0.25) is 0 Å². The second kappa shape index (κ2) is 6.10. The summed E-state index contributed by atoms with van der Waals surface area (Å²) in [4.78, 5) is 12.3. The summed E-state index contributed by atoms with van der Waals surface area (Å²) in [5.74, 6) is 1.08. The topological polar surface area (TPSA) is 47.6 Å². The second-order valence-electron chi connectivity index (χ2n) is 4.34. The second-order valence-corrected chi connectivity index (χ2v) is 4.34. The fourth-order valence-electron chi connectivity index (χ4n) is 1.93. The Balaban J connectivity index is 2.29. The molecular formula is C16H17NO3. The molecule has 0 bridgehead atoms. The summed E-state index contributed by atoms with van der Waals surface area (Å²) >= 11 is 0. The van der Waals surface area contributed by atoms with E-state index in [9.17, 15) is 4.79 Å². The average Bonchev–Trinajstić information content (AvgIpc) is 2.47. The van der Waals surface area contributed by atoms with Gasteiger partial charge in [0.1, 0.15) is 11.5 Å². The summed E-state index contributed by atoms with van der Waals surface area (Å²) < 4.78 is 10.4. The van der Waals surface area contributed by atoms with Gasteiger partial charge in [0, 0.05) is 11.6 Å². The lowest BCUT2D eigenvalue weighted by molar-refractivity contribution is 0.102. The van der Waals surface area contributed by atoms with Crippen molar-refractivity contribution in [2.75, 3.05) is 19.5 Å². The minimum Gasteiger partial charge on any atom is -0.497 e. The summed E-state index contributed by atoms with van der Waals surface area (Å²) in [6.07, 6.45) is 0. The van der Waals surface area contributed by atoms with Gasteiger partial charge in [0.25, 0.3) is 5.91 Å². The number of anilines is 1. The monoisotopic (exact) mass is 271 g/mol. The van der Waals surface area contributed by atoms with Gasteiger partial charge in [-0.15, -0.1) is 0 Å². The number of hydrogen-bond acceptors (Lipinski definition) is 3. The highest BCUT2D eigenvalue weighted by atomic mass is 16.5. The number of amides is 1. The molecule has 0 radical (unpaired) electrons. The van der Waals surface area contributed by atoms with Crippen LogP contribution in [0.1, 0.15) is 15.9 Å². The van der Waals surface area contributed by atoms with Gasteiger partial charge in [-0.25, -0.2) is 0 Å². The summed E-state index contributed by atoms with van der Waals surface area (Å²) in [5.41, 5.74) is 2.14. The lowest BCUT2D eigenvalue weighted by Gasteiger charge is -2.12. The van der Waals surface area contributed by atoms with Crippen LogP contribution in [0.2, 0.25) is 0 Å². The maximum Gasteiger partial charge on any atom is 0.256 e. The Morgan fingerprint density at radius 1 is 1.05 bits per heavy atom. The summed E-state index contributed by atoms with van der Waals surface area (Å²) in [7, 11) is 3.14. The number of aryl methyl sites for hydroxylation is 1. The van der Waals surface area contributed by atoms with E-state index >= 15 is 0 Å². The van der Waals surface area contributed by atoms with Crippen LogP contribution in [0.25, 0.3) is 0 Å². The Labute approximate surface area is 118 Å². The van der Waals surface area contributed by atoms with Crippen LogP contribution in [0.5, 0.6) is 11.5 Å². The van der Waals surface area contributed by atoms with Gasteiger partial charge >= 0.3 is 0 Å². The van der Waals surface area contributed by atoms with Crippen molar-refractivity contribution in [3.63, 3.8) is 0 Å². The normalized spacial score (nSPS) is 9.95. The molecule has 0 saturated carbocycles. The van der Waals surface area contributed by atoms with Crippen molar-refractivity contribution in [3.05, 3.63) is 53.6 Å². The van der Waals surface area contributed by atoms with Crippen LogP contribution < -0.4 is 14.8 Å². The largest absolute Gasteiger partial charge is 0.497 e. The van der Waals surface area contributed by atoms with Crippen LogP contribution in [0.15, 0.2) is 42.5 Å². The molecule has 104 valence electrons. The Hall–Kier alpha value is -2.49. The van der Waals surface area contributed by atoms with Crippen LogP contribution in [0.4, 0.5) is 5.69 Å². The van der Waals surface area contributed by atoms with E-state index in [2.05, 4.69) is 5.32 Å². The fourth-order valence-corrected chi connectivity index (χ4v) is 1.93. The third kappa shape index (κ3) is 2.91. The molecular weight excluding hydrogens is 254 g/mol. The first kappa shape index (κ1) is 13.9. The van der Waals surface area contributed by atoms with Gasteiger partial charge in [-0.2, -0.15) is 0 Å².